The second-order valence-corrected chi connectivity index (χ2v) is 8.28. The molecule has 1 N–H and O–H groups in total. The standard InChI is InChI=1S/C20H34N4O/c1-15(2)24-20(25)12-11-19(22-24)23-13-5-4-6-18(23)14-21-17-9-7-16(3)8-10-17/h11-12,15-18,21H,4-10,13-14H2,1-3H3. The maximum Gasteiger partial charge on any atom is 0.267 e. The summed E-state index contributed by atoms with van der Waals surface area (Å²) in [5.41, 5.74) is -0.0123. The highest BCUT2D eigenvalue weighted by Crippen LogP contribution is 2.25. The zero-order valence-electron chi connectivity index (χ0n) is 16.1. The highest BCUT2D eigenvalue weighted by Gasteiger charge is 2.26. The van der Waals surface area contributed by atoms with E-state index in [0.29, 0.717) is 12.1 Å². The van der Waals surface area contributed by atoms with Crippen LogP contribution in [0.5, 0.6) is 0 Å². The molecule has 0 spiro atoms. The molecule has 1 saturated heterocycles. The number of hydrogen-bond acceptors (Lipinski definition) is 4. The molecule has 0 aromatic carbocycles. The average Bonchev–Trinajstić information content (AvgIpc) is 2.62. The molecule has 1 saturated carbocycles. The van der Waals surface area contributed by atoms with Crippen LogP contribution in [0.2, 0.25) is 0 Å². The van der Waals surface area contributed by atoms with Crippen LogP contribution in [0.25, 0.3) is 0 Å². The third-order valence-corrected chi connectivity index (χ3v) is 5.88. The first-order valence-corrected chi connectivity index (χ1v) is 10.1. The largest absolute Gasteiger partial charge is 0.351 e. The third kappa shape index (κ3) is 4.63. The van der Waals surface area contributed by atoms with Crippen molar-refractivity contribution in [1.82, 2.24) is 15.1 Å². The second-order valence-electron chi connectivity index (χ2n) is 8.28. The molecule has 1 aromatic heterocycles. The SMILES string of the molecule is CC1CCC(NCC2CCCCN2c2ccc(=O)n(C(C)C)n2)CC1. The van der Waals surface area contributed by atoms with Gasteiger partial charge in [0.25, 0.3) is 5.56 Å². The summed E-state index contributed by atoms with van der Waals surface area (Å²) in [4.78, 5) is 14.4. The summed E-state index contributed by atoms with van der Waals surface area (Å²) < 4.78 is 1.61. The molecule has 0 bridgehead atoms. The number of piperidine rings is 1. The Hall–Kier alpha value is -1.36. The van der Waals surface area contributed by atoms with Crippen LogP contribution in [0.3, 0.4) is 0 Å². The van der Waals surface area contributed by atoms with Gasteiger partial charge in [-0.3, -0.25) is 4.79 Å². The lowest BCUT2D eigenvalue weighted by Gasteiger charge is -2.38. The minimum atomic E-state index is -0.0123. The van der Waals surface area contributed by atoms with Gasteiger partial charge in [-0.1, -0.05) is 6.92 Å². The lowest BCUT2D eigenvalue weighted by atomic mass is 9.87. The predicted octanol–water partition coefficient (Wildman–Crippen LogP) is 3.35. The lowest BCUT2D eigenvalue weighted by Crippen LogP contribution is -2.49. The minimum Gasteiger partial charge on any atom is -0.351 e. The first-order valence-electron chi connectivity index (χ1n) is 10.1. The molecule has 5 nitrogen and oxygen atoms in total. The Kier molecular flexibility index (Phi) is 6.15. The van der Waals surface area contributed by atoms with Crippen LogP contribution in [-0.4, -0.2) is 35.0 Å². The molecule has 5 heteroatoms. The number of rotatable bonds is 5. The normalized spacial score (nSPS) is 27.7. The van der Waals surface area contributed by atoms with Crippen LogP contribution in [0.1, 0.15) is 71.8 Å². The minimum absolute atomic E-state index is 0.0123. The van der Waals surface area contributed by atoms with E-state index < -0.39 is 0 Å². The van der Waals surface area contributed by atoms with E-state index in [4.69, 9.17) is 0 Å². The van der Waals surface area contributed by atoms with Gasteiger partial charge >= 0.3 is 0 Å². The molecule has 1 aliphatic carbocycles. The molecule has 3 rings (SSSR count). The maximum absolute atomic E-state index is 12.0. The highest BCUT2D eigenvalue weighted by atomic mass is 16.1. The molecule has 2 fully saturated rings. The van der Waals surface area contributed by atoms with Crippen LogP contribution >= 0.6 is 0 Å². The van der Waals surface area contributed by atoms with Gasteiger partial charge in [0.15, 0.2) is 0 Å². The van der Waals surface area contributed by atoms with Crippen LogP contribution in [0.4, 0.5) is 5.82 Å². The fourth-order valence-corrected chi connectivity index (χ4v) is 4.22. The Morgan fingerprint density at radius 2 is 1.92 bits per heavy atom. The molecule has 2 aliphatic rings. The second kappa shape index (κ2) is 8.35. The third-order valence-electron chi connectivity index (χ3n) is 5.88. The van der Waals surface area contributed by atoms with Crippen molar-refractivity contribution in [2.24, 2.45) is 5.92 Å². The van der Waals surface area contributed by atoms with Crippen molar-refractivity contribution >= 4 is 5.82 Å². The molecule has 140 valence electrons. The monoisotopic (exact) mass is 346 g/mol. The van der Waals surface area contributed by atoms with E-state index in [0.717, 1.165) is 24.8 Å². The Morgan fingerprint density at radius 3 is 2.64 bits per heavy atom. The Bertz CT molecular complexity index is 604. The fourth-order valence-electron chi connectivity index (χ4n) is 4.22. The van der Waals surface area contributed by atoms with Gasteiger partial charge in [-0.2, -0.15) is 5.10 Å². The van der Waals surface area contributed by atoms with E-state index in [-0.39, 0.29) is 11.6 Å². The summed E-state index contributed by atoms with van der Waals surface area (Å²) >= 11 is 0. The van der Waals surface area contributed by atoms with E-state index in [1.54, 1.807) is 10.7 Å². The average molecular weight is 347 g/mol. The van der Waals surface area contributed by atoms with E-state index in [2.05, 4.69) is 22.2 Å². The maximum atomic E-state index is 12.0. The molecule has 1 aliphatic heterocycles. The van der Waals surface area contributed by atoms with Crippen LogP contribution < -0.4 is 15.8 Å². The molecular weight excluding hydrogens is 312 g/mol. The summed E-state index contributed by atoms with van der Waals surface area (Å²) in [6.45, 7) is 8.46. The summed E-state index contributed by atoms with van der Waals surface area (Å²) in [6.07, 6.45) is 9.03. The topological polar surface area (TPSA) is 50.2 Å². The van der Waals surface area contributed by atoms with Gasteiger partial charge in [-0.15, -0.1) is 0 Å². The van der Waals surface area contributed by atoms with Crippen molar-refractivity contribution in [1.29, 1.82) is 0 Å². The van der Waals surface area contributed by atoms with Gasteiger partial charge in [0, 0.05) is 31.2 Å². The van der Waals surface area contributed by atoms with Crippen molar-refractivity contribution in [2.45, 2.75) is 83.8 Å². The molecule has 25 heavy (non-hydrogen) atoms. The van der Waals surface area contributed by atoms with Gasteiger partial charge < -0.3 is 10.2 Å². The van der Waals surface area contributed by atoms with Crippen LogP contribution in [0, 0.1) is 5.92 Å². The lowest BCUT2D eigenvalue weighted by molar-refractivity contribution is 0.296. The van der Waals surface area contributed by atoms with Crippen molar-refractivity contribution in [2.75, 3.05) is 18.0 Å². The zero-order valence-corrected chi connectivity index (χ0v) is 16.1. The Morgan fingerprint density at radius 1 is 1.16 bits per heavy atom. The van der Waals surface area contributed by atoms with Gasteiger partial charge in [0.1, 0.15) is 5.82 Å². The molecular formula is C20H34N4O. The Balaban J connectivity index is 1.66. The molecule has 2 heterocycles. The quantitative estimate of drug-likeness (QED) is 0.888. The summed E-state index contributed by atoms with van der Waals surface area (Å²) in [7, 11) is 0. The van der Waals surface area contributed by atoms with Gasteiger partial charge in [0.05, 0.1) is 6.04 Å². The molecule has 1 atom stereocenters. The zero-order chi connectivity index (χ0) is 17.8. The molecule has 1 aromatic rings. The van der Waals surface area contributed by atoms with E-state index >= 15 is 0 Å². The number of aromatic nitrogens is 2. The van der Waals surface area contributed by atoms with E-state index in [1.165, 1.54) is 44.9 Å². The number of nitrogens with zero attached hydrogens (tertiary/aromatic N) is 3. The number of nitrogens with one attached hydrogen (secondary N) is 1. The van der Waals surface area contributed by atoms with Crippen molar-refractivity contribution in [3.63, 3.8) is 0 Å². The summed E-state index contributed by atoms with van der Waals surface area (Å²) in [5, 5.41) is 8.48. The predicted molar refractivity (Wildman–Crippen MR) is 103 cm³/mol. The highest BCUT2D eigenvalue weighted by molar-refractivity contribution is 5.39. The van der Waals surface area contributed by atoms with Gasteiger partial charge in [0.2, 0.25) is 0 Å². The van der Waals surface area contributed by atoms with Crippen molar-refractivity contribution in [3.8, 4) is 0 Å². The molecule has 0 radical (unpaired) electrons. The van der Waals surface area contributed by atoms with E-state index in [9.17, 15) is 4.79 Å². The summed E-state index contributed by atoms with van der Waals surface area (Å²) in [6, 6.07) is 4.83. The first kappa shape index (κ1) is 18.4. The van der Waals surface area contributed by atoms with Crippen LogP contribution in [0.15, 0.2) is 16.9 Å². The Labute approximate surface area is 151 Å². The van der Waals surface area contributed by atoms with Crippen LogP contribution in [-0.2, 0) is 0 Å². The first-order chi connectivity index (χ1) is 12.0. The van der Waals surface area contributed by atoms with Crippen molar-refractivity contribution < 1.29 is 0 Å². The van der Waals surface area contributed by atoms with Crippen molar-refractivity contribution in [3.05, 3.63) is 22.5 Å². The number of hydrogen-bond donors (Lipinski definition) is 1. The smallest absolute Gasteiger partial charge is 0.267 e. The van der Waals surface area contributed by atoms with Gasteiger partial charge in [-0.25, -0.2) is 4.68 Å². The molecule has 1 unspecified atom stereocenters. The number of anilines is 1. The molecule has 0 amide bonds. The fraction of sp³-hybridized carbons (Fsp3) is 0.800. The van der Waals surface area contributed by atoms with E-state index in [1.807, 2.05) is 19.9 Å². The summed E-state index contributed by atoms with van der Waals surface area (Å²) in [5.74, 6) is 1.85. The van der Waals surface area contributed by atoms with Gasteiger partial charge in [-0.05, 0) is 70.8 Å².